The van der Waals surface area contributed by atoms with Crippen LogP contribution in [0.2, 0.25) is 0 Å². The quantitative estimate of drug-likeness (QED) is 0.737. The Morgan fingerprint density at radius 3 is 2.53 bits per heavy atom. The van der Waals surface area contributed by atoms with Gasteiger partial charge in [0.15, 0.2) is 5.03 Å². The van der Waals surface area contributed by atoms with Gasteiger partial charge in [-0.2, -0.15) is 4.31 Å². The SMILES string of the molecule is CCCNCc1ccc(S(=O)(=O)N(C)CCC)nc1. The zero-order chi connectivity index (χ0) is 14.3. The van der Waals surface area contributed by atoms with E-state index in [1.165, 1.54) is 4.31 Å². The van der Waals surface area contributed by atoms with Crippen LogP contribution in [-0.4, -0.2) is 37.8 Å². The molecular formula is C13H23N3O2S. The molecule has 1 aromatic rings. The van der Waals surface area contributed by atoms with Gasteiger partial charge in [-0.05, 0) is 31.0 Å². The maximum Gasteiger partial charge on any atom is 0.260 e. The van der Waals surface area contributed by atoms with Gasteiger partial charge in [0.2, 0.25) is 0 Å². The molecule has 6 heteroatoms. The third-order valence-corrected chi connectivity index (χ3v) is 4.54. The van der Waals surface area contributed by atoms with Crippen molar-refractivity contribution in [3.63, 3.8) is 0 Å². The minimum absolute atomic E-state index is 0.114. The largest absolute Gasteiger partial charge is 0.313 e. The van der Waals surface area contributed by atoms with Crippen LogP contribution in [0.5, 0.6) is 0 Å². The van der Waals surface area contributed by atoms with Crippen LogP contribution in [0.15, 0.2) is 23.4 Å². The van der Waals surface area contributed by atoms with Crippen LogP contribution in [-0.2, 0) is 16.6 Å². The van der Waals surface area contributed by atoms with Crippen molar-refractivity contribution in [3.05, 3.63) is 23.9 Å². The number of rotatable bonds is 8. The highest BCUT2D eigenvalue weighted by Gasteiger charge is 2.20. The normalized spacial score (nSPS) is 12.0. The highest BCUT2D eigenvalue weighted by Crippen LogP contribution is 2.12. The maximum atomic E-state index is 12.1. The summed E-state index contributed by atoms with van der Waals surface area (Å²) < 4.78 is 25.6. The molecule has 1 heterocycles. The topological polar surface area (TPSA) is 62.3 Å². The Hall–Kier alpha value is -0.980. The van der Waals surface area contributed by atoms with Gasteiger partial charge >= 0.3 is 0 Å². The molecule has 0 aliphatic heterocycles. The molecule has 0 fully saturated rings. The fourth-order valence-corrected chi connectivity index (χ4v) is 2.84. The zero-order valence-electron chi connectivity index (χ0n) is 11.9. The monoisotopic (exact) mass is 285 g/mol. The maximum absolute atomic E-state index is 12.1. The van der Waals surface area contributed by atoms with Crippen molar-refractivity contribution in [1.82, 2.24) is 14.6 Å². The average Bonchev–Trinajstić information content (AvgIpc) is 2.40. The Morgan fingerprint density at radius 2 is 2.00 bits per heavy atom. The molecule has 0 aliphatic rings. The van der Waals surface area contributed by atoms with Crippen molar-refractivity contribution in [2.45, 2.75) is 38.3 Å². The molecular weight excluding hydrogens is 262 g/mol. The Balaban J connectivity index is 2.75. The lowest BCUT2D eigenvalue weighted by Crippen LogP contribution is -2.28. The van der Waals surface area contributed by atoms with Gasteiger partial charge in [-0.25, -0.2) is 13.4 Å². The minimum atomic E-state index is -3.44. The number of sulfonamides is 1. The van der Waals surface area contributed by atoms with Crippen molar-refractivity contribution in [2.24, 2.45) is 0 Å². The van der Waals surface area contributed by atoms with Crippen molar-refractivity contribution in [3.8, 4) is 0 Å². The van der Waals surface area contributed by atoms with E-state index in [-0.39, 0.29) is 5.03 Å². The highest BCUT2D eigenvalue weighted by molar-refractivity contribution is 7.89. The second kappa shape index (κ2) is 7.57. The summed E-state index contributed by atoms with van der Waals surface area (Å²) in [4.78, 5) is 4.06. The van der Waals surface area contributed by atoms with E-state index in [1.807, 2.05) is 13.0 Å². The molecule has 0 atom stereocenters. The Morgan fingerprint density at radius 1 is 1.26 bits per heavy atom. The summed E-state index contributed by atoms with van der Waals surface area (Å²) in [5.41, 5.74) is 0.991. The standard InChI is InChI=1S/C13H23N3O2S/c1-4-8-14-10-12-6-7-13(15-11-12)19(17,18)16(3)9-5-2/h6-7,11,14H,4-5,8-10H2,1-3H3. The van der Waals surface area contributed by atoms with Crippen LogP contribution in [0.3, 0.4) is 0 Å². The smallest absolute Gasteiger partial charge is 0.260 e. The first-order valence-corrected chi connectivity index (χ1v) is 8.08. The number of nitrogens with one attached hydrogen (secondary N) is 1. The summed E-state index contributed by atoms with van der Waals surface area (Å²) in [6.45, 7) is 6.21. The van der Waals surface area contributed by atoms with Crippen LogP contribution in [0.1, 0.15) is 32.3 Å². The highest BCUT2D eigenvalue weighted by atomic mass is 32.2. The lowest BCUT2D eigenvalue weighted by molar-refractivity contribution is 0.465. The van der Waals surface area contributed by atoms with Crippen molar-refractivity contribution >= 4 is 10.0 Å². The fourth-order valence-electron chi connectivity index (χ4n) is 1.67. The predicted molar refractivity (Wildman–Crippen MR) is 76.3 cm³/mol. The van der Waals surface area contributed by atoms with Gasteiger partial charge in [0.1, 0.15) is 0 Å². The van der Waals surface area contributed by atoms with Crippen molar-refractivity contribution in [2.75, 3.05) is 20.1 Å². The van der Waals surface area contributed by atoms with Gasteiger partial charge in [0, 0.05) is 26.3 Å². The molecule has 0 aromatic carbocycles. The van der Waals surface area contributed by atoms with E-state index in [2.05, 4.69) is 17.2 Å². The Labute approximate surface area is 116 Å². The Kier molecular flexibility index (Phi) is 6.41. The summed E-state index contributed by atoms with van der Waals surface area (Å²) in [5.74, 6) is 0. The summed E-state index contributed by atoms with van der Waals surface area (Å²) in [5, 5.41) is 3.37. The van der Waals surface area contributed by atoms with E-state index in [1.54, 1.807) is 19.3 Å². The van der Waals surface area contributed by atoms with E-state index in [9.17, 15) is 8.42 Å². The van der Waals surface area contributed by atoms with Gasteiger partial charge in [0.25, 0.3) is 10.0 Å². The van der Waals surface area contributed by atoms with Gasteiger partial charge in [0.05, 0.1) is 0 Å². The summed E-state index contributed by atoms with van der Waals surface area (Å²) >= 11 is 0. The molecule has 0 bridgehead atoms. The zero-order valence-corrected chi connectivity index (χ0v) is 12.7. The predicted octanol–water partition coefficient (Wildman–Crippen LogP) is 1.61. The van der Waals surface area contributed by atoms with Gasteiger partial charge in [-0.1, -0.05) is 19.9 Å². The third-order valence-electron chi connectivity index (χ3n) is 2.77. The molecule has 108 valence electrons. The number of pyridine rings is 1. The summed E-state index contributed by atoms with van der Waals surface area (Å²) in [6, 6.07) is 3.38. The molecule has 0 spiro atoms. The van der Waals surface area contributed by atoms with E-state index in [0.29, 0.717) is 13.1 Å². The first-order valence-electron chi connectivity index (χ1n) is 6.64. The number of hydrogen-bond acceptors (Lipinski definition) is 4. The average molecular weight is 285 g/mol. The van der Waals surface area contributed by atoms with Gasteiger partial charge in [-0.3, -0.25) is 0 Å². The van der Waals surface area contributed by atoms with Crippen LogP contribution >= 0.6 is 0 Å². The molecule has 0 unspecified atom stereocenters. The number of aromatic nitrogens is 1. The van der Waals surface area contributed by atoms with Gasteiger partial charge in [-0.15, -0.1) is 0 Å². The molecule has 0 aliphatic carbocycles. The molecule has 5 nitrogen and oxygen atoms in total. The molecule has 1 N–H and O–H groups in total. The number of nitrogens with zero attached hydrogens (tertiary/aromatic N) is 2. The van der Waals surface area contributed by atoms with Crippen molar-refractivity contribution < 1.29 is 8.42 Å². The first-order chi connectivity index (χ1) is 9.02. The second-order valence-electron chi connectivity index (χ2n) is 4.51. The molecule has 19 heavy (non-hydrogen) atoms. The third kappa shape index (κ3) is 4.56. The van der Waals surface area contributed by atoms with E-state index in [4.69, 9.17) is 0 Å². The number of hydrogen-bond donors (Lipinski definition) is 1. The van der Waals surface area contributed by atoms with Gasteiger partial charge < -0.3 is 5.32 Å². The summed E-state index contributed by atoms with van der Waals surface area (Å²) in [7, 11) is -1.86. The van der Waals surface area contributed by atoms with Crippen LogP contribution < -0.4 is 5.32 Å². The molecule has 0 saturated carbocycles. The Bertz CT molecular complexity index is 471. The fraction of sp³-hybridized carbons (Fsp3) is 0.615. The lowest BCUT2D eigenvalue weighted by Gasteiger charge is -2.15. The van der Waals surface area contributed by atoms with E-state index >= 15 is 0 Å². The molecule has 1 aromatic heterocycles. The van der Waals surface area contributed by atoms with E-state index in [0.717, 1.165) is 24.9 Å². The second-order valence-corrected chi connectivity index (χ2v) is 6.50. The molecule has 0 amide bonds. The molecule has 0 radical (unpaired) electrons. The minimum Gasteiger partial charge on any atom is -0.313 e. The molecule has 1 rings (SSSR count). The lowest BCUT2D eigenvalue weighted by atomic mass is 10.3. The van der Waals surface area contributed by atoms with Crippen molar-refractivity contribution in [1.29, 1.82) is 0 Å². The van der Waals surface area contributed by atoms with Crippen LogP contribution in [0, 0.1) is 0 Å². The van der Waals surface area contributed by atoms with Crippen LogP contribution in [0.25, 0.3) is 0 Å². The van der Waals surface area contributed by atoms with Crippen LogP contribution in [0.4, 0.5) is 0 Å². The molecule has 0 saturated heterocycles. The summed E-state index contributed by atoms with van der Waals surface area (Å²) in [6.07, 6.45) is 3.48. The van der Waals surface area contributed by atoms with E-state index < -0.39 is 10.0 Å². The first kappa shape index (κ1) is 16.1.